The Hall–Kier alpha value is -1.26. The summed E-state index contributed by atoms with van der Waals surface area (Å²) in [4.78, 5) is 0. The van der Waals surface area contributed by atoms with Crippen LogP contribution in [-0.4, -0.2) is 7.11 Å². The topological polar surface area (TPSA) is 47.3 Å². The van der Waals surface area contributed by atoms with Gasteiger partial charge in [0.15, 0.2) is 0 Å². The van der Waals surface area contributed by atoms with Gasteiger partial charge in [0.05, 0.1) is 13.2 Å². The predicted molar refractivity (Wildman–Crippen MR) is 78.6 cm³/mol. The van der Waals surface area contributed by atoms with Crippen LogP contribution in [-0.2, 0) is 0 Å². The van der Waals surface area contributed by atoms with Gasteiger partial charge >= 0.3 is 0 Å². The summed E-state index contributed by atoms with van der Waals surface area (Å²) in [5.41, 5.74) is 4.42. The van der Waals surface area contributed by atoms with Gasteiger partial charge in [0.1, 0.15) is 5.75 Å². The average molecular weight is 297 g/mol. The summed E-state index contributed by atoms with van der Waals surface area (Å²) in [6.07, 6.45) is 0. The molecule has 0 saturated carbocycles. The van der Waals surface area contributed by atoms with Gasteiger partial charge < -0.3 is 4.74 Å². The number of methoxy groups -OCH3 is 1. The lowest BCUT2D eigenvalue weighted by molar-refractivity contribution is 0.413. The van der Waals surface area contributed by atoms with Gasteiger partial charge in [-0.25, -0.2) is 5.43 Å². The van der Waals surface area contributed by atoms with Crippen LogP contribution in [0.3, 0.4) is 0 Å². The zero-order valence-corrected chi connectivity index (χ0v) is 11.9. The molecule has 0 heterocycles. The monoisotopic (exact) mass is 296 g/mol. The third-order valence-electron chi connectivity index (χ3n) is 2.88. The molecule has 3 N–H and O–H groups in total. The smallest absolute Gasteiger partial charge is 0.119 e. The lowest BCUT2D eigenvalue weighted by atomic mass is 9.99. The first-order chi connectivity index (χ1) is 9.17. The van der Waals surface area contributed by atoms with E-state index in [-0.39, 0.29) is 6.04 Å². The van der Waals surface area contributed by atoms with E-state index >= 15 is 0 Å². The standard InChI is InChI=1S/C14H14Cl2N2O/c1-19-10-5-2-4-9(8-10)14(18-17)13-11(15)6-3-7-12(13)16/h2-8,14,18H,17H2,1H3. The Bertz CT molecular complexity index is 555. The lowest BCUT2D eigenvalue weighted by Gasteiger charge is -2.20. The second-order valence-corrected chi connectivity index (χ2v) is 4.83. The predicted octanol–water partition coefficient (Wildman–Crippen LogP) is 3.55. The van der Waals surface area contributed by atoms with Crippen molar-refractivity contribution in [1.82, 2.24) is 5.43 Å². The molecule has 100 valence electrons. The number of rotatable bonds is 4. The fraction of sp³-hybridized carbons (Fsp3) is 0.143. The molecule has 0 aromatic heterocycles. The van der Waals surface area contributed by atoms with Gasteiger partial charge in [0.2, 0.25) is 0 Å². The van der Waals surface area contributed by atoms with Crippen molar-refractivity contribution in [3.05, 3.63) is 63.6 Å². The molecule has 0 amide bonds. The zero-order valence-electron chi connectivity index (χ0n) is 10.4. The molecule has 19 heavy (non-hydrogen) atoms. The zero-order chi connectivity index (χ0) is 13.8. The van der Waals surface area contributed by atoms with E-state index in [2.05, 4.69) is 5.43 Å². The maximum absolute atomic E-state index is 6.22. The van der Waals surface area contributed by atoms with Crippen molar-refractivity contribution in [2.24, 2.45) is 5.84 Å². The van der Waals surface area contributed by atoms with Gasteiger partial charge in [-0.1, -0.05) is 41.4 Å². The Labute approximate surface area is 122 Å². The molecule has 5 heteroatoms. The minimum Gasteiger partial charge on any atom is -0.497 e. The van der Waals surface area contributed by atoms with Crippen molar-refractivity contribution in [3.8, 4) is 5.75 Å². The highest BCUT2D eigenvalue weighted by Crippen LogP contribution is 2.34. The summed E-state index contributed by atoms with van der Waals surface area (Å²) >= 11 is 12.4. The number of benzene rings is 2. The van der Waals surface area contributed by atoms with Crippen LogP contribution in [0.2, 0.25) is 10.0 Å². The van der Waals surface area contributed by atoms with Crippen LogP contribution < -0.4 is 16.0 Å². The number of hydrogen-bond acceptors (Lipinski definition) is 3. The van der Waals surface area contributed by atoms with E-state index < -0.39 is 0 Å². The third-order valence-corrected chi connectivity index (χ3v) is 3.54. The maximum atomic E-state index is 6.22. The highest BCUT2D eigenvalue weighted by Gasteiger charge is 2.19. The van der Waals surface area contributed by atoms with Crippen LogP contribution in [0.25, 0.3) is 0 Å². The molecular weight excluding hydrogens is 283 g/mol. The lowest BCUT2D eigenvalue weighted by Crippen LogP contribution is -2.29. The molecule has 1 atom stereocenters. The van der Waals surface area contributed by atoms with E-state index in [1.54, 1.807) is 25.3 Å². The number of nitrogens with two attached hydrogens (primary N) is 1. The van der Waals surface area contributed by atoms with Crippen molar-refractivity contribution in [1.29, 1.82) is 0 Å². The highest BCUT2D eigenvalue weighted by molar-refractivity contribution is 6.36. The number of hydrazine groups is 1. The normalized spacial score (nSPS) is 12.2. The van der Waals surface area contributed by atoms with E-state index in [1.807, 2.05) is 24.3 Å². The van der Waals surface area contributed by atoms with E-state index in [1.165, 1.54) is 0 Å². The number of hydrogen-bond donors (Lipinski definition) is 2. The van der Waals surface area contributed by atoms with Gasteiger partial charge in [0.25, 0.3) is 0 Å². The van der Waals surface area contributed by atoms with Crippen LogP contribution in [0.5, 0.6) is 5.75 Å². The van der Waals surface area contributed by atoms with Crippen LogP contribution in [0, 0.1) is 0 Å². The molecule has 0 aliphatic heterocycles. The average Bonchev–Trinajstić information content (AvgIpc) is 2.43. The maximum Gasteiger partial charge on any atom is 0.119 e. The first kappa shape index (κ1) is 14.2. The molecule has 2 aromatic carbocycles. The van der Waals surface area contributed by atoms with Gasteiger partial charge in [0, 0.05) is 15.6 Å². The summed E-state index contributed by atoms with van der Waals surface area (Å²) in [6, 6.07) is 12.7. The van der Waals surface area contributed by atoms with E-state index in [4.69, 9.17) is 33.8 Å². The second-order valence-electron chi connectivity index (χ2n) is 4.01. The Morgan fingerprint density at radius 2 is 1.74 bits per heavy atom. The molecule has 0 aliphatic rings. The molecule has 0 radical (unpaired) electrons. The van der Waals surface area contributed by atoms with Crippen LogP contribution in [0.15, 0.2) is 42.5 Å². The number of halogens is 2. The Balaban J connectivity index is 2.50. The summed E-state index contributed by atoms with van der Waals surface area (Å²) in [5.74, 6) is 6.41. The van der Waals surface area contributed by atoms with Crippen molar-refractivity contribution >= 4 is 23.2 Å². The molecule has 2 rings (SSSR count). The Morgan fingerprint density at radius 1 is 1.11 bits per heavy atom. The van der Waals surface area contributed by atoms with Crippen molar-refractivity contribution < 1.29 is 4.74 Å². The SMILES string of the molecule is COc1cccc(C(NN)c2c(Cl)cccc2Cl)c1. The molecule has 3 nitrogen and oxygen atoms in total. The van der Waals surface area contributed by atoms with Gasteiger partial charge in [-0.2, -0.15) is 0 Å². The summed E-state index contributed by atoms with van der Waals surface area (Å²) < 4.78 is 5.21. The largest absolute Gasteiger partial charge is 0.497 e. The Morgan fingerprint density at radius 3 is 2.32 bits per heavy atom. The fourth-order valence-corrected chi connectivity index (χ4v) is 2.57. The first-order valence-corrected chi connectivity index (χ1v) is 6.47. The number of ether oxygens (including phenoxy) is 1. The fourth-order valence-electron chi connectivity index (χ4n) is 1.95. The molecular formula is C14H14Cl2N2O. The molecule has 2 aromatic rings. The van der Waals surface area contributed by atoms with Crippen molar-refractivity contribution in [2.75, 3.05) is 7.11 Å². The van der Waals surface area contributed by atoms with E-state index in [9.17, 15) is 0 Å². The minimum atomic E-state index is -0.295. The highest BCUT2D eigenvalue weighted by atomic mass is 35.5. The van der Waals surface area contributed by atoms with Gasteiger partial charge in [-0.3, -0.25) is 5.84 Å². The van der Waals surface area contributed by atoms with Gasteiger partial charge in [-0.05, 0) is 29.8 Å². The van der Waals surface area contributed by atoms with Crippen LogP contribution in [0.4, 0.5) is 0 Å². The van der Waals surface area contributed by atoms with Crippen molar-refractivity contribution in [3.63, 3.8) is 0 Å². The van der Waals surface area contributed by atoms with Crippen LogP contribution >= 0.6 is 23.2 Å². The summed E-state index contributed by atoms with van der Waals surface area (Å²) in [7, 11) is 1.62. The first-order valence-electron chi connectivity index (χ1n) is 5.71. The third kappa shape index (κ3) is 3.01. The molecule has 0 aliphatic carbocycles. The summed E-state index contributed by atoms with van der Waals surface area (Å²) in [5, 5.41) is 1.14. The molecule has 1 unspecified atom stereocenters. The Kier molecular flexibility index (Phi) is 4.66. The second kappa shape index (κ2) is 6.26. The summed E-state index contributed by atoms with van der Waals surface area (Å²) in [6.45, 7) is 0. The molecule has 0 saturated heterocycles. The van der Waals surface area contributed by atoms with E-state index in [0.717, 1.165) is 16.9 Å². The molecule has 0 spiro atoms. The molecule has 0 fully saturated rings. The van der Waals surface area contributed by atoms with Crippen molar-refractivity contribution in [2.45, 2.75) is 6.04 Å². The quantitative estimate of drug-likeness (QED) is 0.670. The van der Waals surface area contributed by atoms with E-state index in [0.29, 0.717) is 10.0 Å². The van der Waals surface area contributed by atoms with Gasteiger partial charge in [-0.15, -0.1) is 0 Å². The van der Waals surface area contributed by atoms with Crippen LogP contribution in [0.1, 0.15) is 17.2 Å². The number of nitrogens with one attached hydrogen (secondary N) is 1. The molecule has 0 bridgehead atoms. The minimum absolute atomic E-state index is 0.295.